The number of carboxylic acid groups (broad SMARTS) is 2. The molecule has 0 radical (unpaired) electrons. The summed E-state index contributed by atoms with van der Waals surface area (Å²) in [6.45, 7) is 0. The van der Waals surface area contributed by atoms with E-state index in [2.05, 4.69) is 15.6 Å². The van der Waals surface area contributed by atoms with Gasteiger partial charge in [0.25, 0.3) is 0 Å². The Hall–Kier alpha value is -5.44. The van der Waals surface area contributed by atoms with Crippen LogP contribution in [0, 0.1) is 0 Å². The molecule has 15 nitrogen and oxygen atoms in total. The molecule has 0 spiro atoms. The van der Waals surface area contributed by atoms with Crippen LogP contribution in [-0.4, -0.2) is 80.0 Å². The predicted octanol–water partition coefficient (Wildman–Crippen LogP) is -0.735. The number of benzene rings is 2. The van der Waals surface area contributed by atoms with Crippen LogP contribution in [0.25, 0.3) is 10.9 Å². The Morgan fingerprint density at radius 3 is 2.05 bits per heavy atom. The normalized spacial score (nSPS) is 13.7. The second-order valence-corrected chi connectivity index (χ2v) is 10.2. The maximum absolute atomic E-state index is 13.5. The lowest BCUT2D eigenvalue weighted by Crippen LogP contribution is -2.58. The molecule has 0 bridgehead atoms. The first-order chi connectivity index (χ1) is 20.8. The molecular weight excluding hydrogens is 576 g/mol. The average molecular weight is 611 g/mol. The summed E-state index contributed by atoms with van der Waals surface area (Å²) < 4.78 is 0. The third-order valence-electron chi connectivity index (χ3n) is 6.77. The number of carbonyl (C=O) groups excluding carboxylic acids is 4. The number of phenolic OH excluding ortho intramolecular Hbond substituents is 1. The van der Waals surface area contributed by atoms with Crippen molar-refractivity contribution < 1.29 is 44.1 Å². The fraction of sp³-hybridized carbons (Fsp3) is 0.310. The third kappa shape index (κ3) is 9.55. The Kier molecular flexibility index (Phi) is 11.4. The summed E-state index contributed by atoms with van der Waals surface area (Å²) in [5, 5.41) is 35.8. The van der Waals surface area contributed by atoms with Crippen molar-refractivity contribution in [1.29, 1.82) is 0 Å². The van der Waals surface area contributed by atoms with Crippen LogP contribution >= 0.6 is 0 Å². The van der Waals surface area contributed by atoms with Gasteiger partial charge >= 0.3 is 11.9 Å². The Labute approximate surface area is 251 Å². The maximum Gasteiger partial charge on any atom is 0.326 e. The summed E-state index contributed by atoms with van der Waals surface area (Å²) >= 11 is 0. The number of hydrogen-bond acceptors (Lipinski definition) is 8. The number of aromatic hydroxyl groups is 1. The lowest BCUT2D eigenvalue weighted by Gasteiger charge is -2.25. The van der Waals surface area contributed by atoms with Crippen LogP contribution in [0.2, 0.25) is 0 Å². The van der Waals surface area contributed by atoms with Crippen LogP contribution in [0.1, 0.15) is 30.4 Å². The van der Waals surface area contributed by atoms with Crippen LogP contribution in [0.15, 0.2) is 54.7 Å². The number of primary amides is 1. The highest BCUT2D eigenvalue weighted by atomic mass is 16.4. The number of aromatic amines is 1. The van der Waals surface area contributed by atoms with E-state index in [1.54, 1.807) is 6.20 Å². The molecule has 234 valence electrons. The number of amides is 4. The van der Waals surface area contributed by atoms with Gasteiger partial charge in [0, 0.05) is 29.9 Å². The van der Waals surface area contributed by atoms with Crippen LogP contribution in [0.4, 0.5) is 0 Å². The number of carbonyl (C=O) groups is 6. The lowest BCUT2D eigenvalue weighted by molar-refractivity contribution is -0.147. The molecule has 1 aromatic heterocycles. The molecule has 4 amide bonds. The van der Waals surface area contributed by atoms with Crippen molar-refractivity contribution in [2.45, 2.75) is 56.3 Å². The zero-order valence-electron chi connectivity index (χ0n) is 23.5. The number of nitrogens with one attached hydrogen (secondary N) is 4. The molecular formula is C29H34N6O9. The molecule has 11 N–H and O–H groups in total. The number of phenols is 1. The van der Waals surface area contributed by atoms with E-state index < -0.39 is 66.2 Å². The fourth-order valence-electron chi connectivity index (χ4n) is 4.46. The molecule has 0 aliphatic rings. The van der Waals surface area contributed by atoms with Crippen LogP contribution in [0.5, 0.6) is 5.75 Å². The number of aromatic nitrogens is 1. The van der Waals surface area contributed by atoms with E-state index in [4.69, 9.17) is 16.6 Å². The van der Waals surface area contributed by atoms with Crippen molar-refractivity contribution >= 4 is 46.5 Å². The van der Waals surface area contributed by atoms with E-state index in [0.29, 0.717) is 5.56 Å². The first kappa shape index (κ1) is 33.1. The molecule has 44 heavy (non-hydrogen) atoms. The largest absolute Gasteiger partial charge is 0.508 e. The van der Waals surface area contributed by atoms with Crippen molar-refractivity contribution in [3.63, 3.8) is 0 Å². The molecule has 3 rings (SSSR count). The topological polar surface area (TPSA) is 267 Å². The summed E-state index contributed by atoms with van der Waals surface area (Å²) in [6.07, 6.45) is 0.109. The zero-order chi connectivity index (χ0) is 32.4. The monoisotopic (exact) mass is 610 g/mol. The van der Waals surface area contributed by atoms with E-state index in [1.165, 1.54) is 24.3 Å². The number of hydrogen-bond donors (Lipinski definition) is 9. The first-order valence-electron chi connectivity index (χ1n) is 13.6. The van der Waals surface area contributed by atoms with E-state index in [1.807, 2.05) is 29.6 Å². The van der Waals surface area contributed by atoms with Crippen molar-refractivity contribution in [3.8, 4) is 5.75 Å². The van der Waals surface area contributed by atoms with Gasteiger partial charge in [0.2, 0.25) is 23.6 Å². The van der Waals surface area contributed by atoms with Gasteiger partial charge in [-0.1, -0.05) is 30.3 Å². The third-order valence-corrected chi connectivity index (χ3v) is 6.77. The Balaban J connectivity index is 1.81. The SMILES string of the molecule is NC(=O)CCC(NC(=O)C(Cc1ccc(O)cc1)NC(=O)C(N)Cc1c[nH]c2ccccc12)C(=O)NC(CC(=O)O)C(=O)O. The quantitative estimate of drug-likeness (QED) is 0.0980. The summed E-state index contributed by atoms with van der Waals surface area (Å²) in [5.74, 6) is -6.58. The van der Waals surface area contributed by atoms with Crippen LogP contribution in [0.3, 0.4) is 0 Å². The highest BCUT2D eigenvalue weighted by Gasteiger charge is 2.31. The van der Waals surface area contributed by atoms with E-state index in [0.717, 1.165) is 16.5 Å². The van der Waals surface area contributed by atoms with Crippen molar-refractivity contribution in [1.82, 2.24) is 20.9 Å². The molecule has 0 aliphatic heterocycles. The van der Waals surface area contributed by atoms with Crippen molar-refractivity contribution in [2.24, 2.45) is 11.5 Å². The molecule has 0 fully saturated rings. The van der Waals surface area contributed by atoms with Gasteiger partial charge in [-0.15, -0.1) is 0 Å². The Morgan fingerprint density at radius 1 is 0.795 bits per heavy atom. The molecule has 4 unspecified atom stereocenters. The molecule has 15 heteroatoms. The summed E-state index contributed by atoms with van der Waals surface area (Å²) in [6, 6.07) is 7.53. The van der Waals surface area contributed by atoms with Gasteiger partial charge in [0.15, 0.2) is 0 Å². The fourth-order valence-corrected chi connectivity index (χ4v) is 4.46. The smallest absolute Gasteiger partial charge is 0.326 e. The second kappa shape index (κ2) is 15.2. The highest BCUT2D eigenvalue weighted by molar-refractivity contribution is 5.95. The van der Waals surface area contributed by atoms with Gasteiger partial charge in [0.05, 0.1) is 12.5 Å². The van der Waals surface area contributed by atoms with E-state index in [-0.39, 0.29) is 31.4 Å². The van der Waals surface area contributed by atoms with Crippen LogP contribution in [-0.2, 0) is 41.6 Å². The van der Waals surface area contributed by atoms with E-state index >= 15 is 0 Å². The van der Waals surface area contributed by atoms with Gasteiger partial charge in [0.1, 0.15) is 23.9 Å². The minimum atomic E-state index is -1.82. The maximum atomic E-state index is 13.5. The Bertz CT molecular complexity index is 1520. The molecule has 0 saturated heterocycles. The molecule has 1 heterocycles. The lowest BCUT2D eigenvalue weighted by atomic mass is 10.0. The number of H-pyrrole nitrogens is 1. The van der Waals surface area contributed by atoms with Crippen molar-refractivity contribution in [2.75, 3.05) is 0 Å². The van der Waals surface area contributed by atoms with Gasteiger partial charge in [-0.05, 0) is 42.2 Å². The van der Waals surface area contributed by atoms with E-state index in [9.17, 15) is 39.0 Å². The van der Waals surface area contributed by atoms with Gasteiger partial charge < -0.3 is 47.7 Å². The molecule has 0 aliphatic carbocycles. The average Bonchev–Trinajstić information content (AvgIpc) is 3.37. The zero-order valence-corrected chi connectivity index (χ0v) is 23.5. The van der Waals surface area contributed by atoms with Gasteiger partial charge in [-0.2, -0.15) is 0 Å². The number of rotatable bonds is 16. The second-order valence-electron chi connectivity index (χ2n) is 10.2. The number of fused-ring (bicyclic) bond motifs is 1. The number of para-hydroxylation sites is 1. The molecule has 4 atom stereocenters. The minimum absolute atomic E-state index is 0.0305. The Morgan fingerprint density at radius 2 is 1.41 bits per heavy atom. The minimum Gasteiger partial charge on any atom is -0.508 e. The number of nitrogens with two attached hydrogens (primary N) is 2. The van der Waals surface area contributed by atoms with Gasteiger partial charge in [-0.3, -0.25) is 24.0 Å². The van der Waals surface area contributed by atoms with Crippen molar-refractivity contribution in [3.05, 3.63) is 65.9 Å². The van der Waals surface area contributed by atoms with Crippen LogP contribution < -0.4 is 27.4 Å². The van der Waals surface area contributed by atoms with Gasteiger partial charge in [-0.25, -0.2) is 4.79 Å². The predicted molar refractivity (Wildman–Crippen MR) is 156 cm³/mol. The number of carboxylic acids is 2. The molecule has 3 aromatic rings. The molecule has 2 aromatic carbocycles. The highest BCUT2D eigenvalue weighted by Crippen LogP contribution is 2.19. The summed E-state index contributed by atoms with van der Waals surface area (Å²) in [5.41, 5.74) is 13.6. The number of aliphatic carboxylic acids is 2. The molecule has 0 saturated carbocycles. The summed E-state index contributed by atoms with van der Waals surface area (Å²) in [7, 11) is 0. The summed E-state index contributed by atoms with van der Waals surface area (Å²) in [4.78, 5) is 76.7. The first-order valence-corrected chi connectivity index (χ1v) is 13.6. The standard InChI is InChI=1S/C29H34N6O9/c30-19(12-16-14-32-20-4-2-1-3-18(16)20)26(40)34-22(11-15-5-7-17(36)8-6-15)28(42)33-21(9-10-24(31)37)27(41)35-23(29(43)44)13-25(38)39/h1-8,14,19,21-23,32,36H,9-13,30H2,(H2,31,37)(H,33,42)(H,34,40)(H,35,41)(H,38,39)(H,43,44).